The molecule has 0 atom stereocenters. The van der Waals surface area contributed by atoms with Gasteiger partial charge in [-0.05, 0) is 18.2 Å². The molecule has 94 valence electrons. The van der Waals surface area contributed by atoms with E-state index in [-0.39, 0.29) is 17.1 Å². The van der Waals surface area contributed by atoms with Gasteiger partial charge in [-0.1, -0.05) is 11.6 Å². The van der Waals surface area contributed by atoms with Crippen molar-refractivity contribution in [2.24, 2.45) is 0 Å². The van der Waals surface area contributed by atoms with Gasteiger partial charge < -0.3 is 9.88 Å². The van der Waals surface area contributed by atoms with E-state index in [1.807, 2.05) is 0 Å². The number of nitrogens with one attached hydrogen (secondary N) is 1. The van der Waals surface area contributed by atoms with Crippen LogP contribution < -0.4 is 0 Å². The van der Waals surface area contributed by atoms with E-state index < -0.39 is 11.7 Å². The van der Waals surface area contributed by atoms with Crippen molar-refractivity contribution in [3.8, 4) is 0 Å². The van der Waals surface area contributed by atoms with Crippen molar-refractivity contribution < 1.29 is 9.18 Å². The van der Waals surface area contributed by atoms with E-state index in [1.165, 1.54) is 17.0 Å². The summed E-state index contributed by atoms with van der Waals surface area (Å²) >= 11 is 5.64. The Morgan fingerprint density at radius 1 is 1.56 bits per heavy atom. The number of carbonyl (C=O) groups excluding carboxylic acids is 1. The summed E-state index contributed by atoms with van der Waals surface area (Å²) in [6, 6.07) is 3.98. The van der Waals surface area contributed by atoms with Gasteiger partial charge in [0.1, 0.15) is 11.6 Å². The molecule has 18 heavy (non-hydrogen) atoms. The minimum absolute atomic E-state index is 0.00606. The van der Waals surface area contributed by atoms with Crippen LogP contribution >= 0.6 is 11.6 Å². The number of amides is 1. The Bertz CT molecular complexity index is 556. The van der Waals surface area contributed by atoms with Gasteiger partial charge in [-0.25, -0.2) is 9.37 Å². The number of benzene rings is 1. The minimum atomic E-state index is -0.626. The predicted molar refractivity (Wildman–Crippen MR) is 65.8 cm³/mol. The van der Waals surface area contributed by atoms with Crippen LogP contribution in [0.15, 0.2) is 30.6 Å². The largest absolute Gasteiger partial charge is 0.347 e. The lowest BCUT2D eigenvalue weighted by Gasteiger charge is -2.16. The summed E-state index contributed by atoms with van der Waals surface area (Å²) in [6.45, 7) is 0.286. The molecule has 1 amide bonds. The summed E-state index contributed by atoms with van der Waals surface area (Å²) < 4.78 is 13.6. The van der Waals surface area contributed by atoms with Crippen LogP contribution in [0.5, 0.6) is 0 Å². The van der Waals surface area contributed by atoms with E-state index in [9.17, 15) is 9.18 Å². The molecular weight excluding hydrogens is 257 g/mol. The lowest BCUT2D eigenvalue weighted by Crippen LogP contribution is -2.27. The van der Waals surface area contributed by atoms with Gasteiger partial charge in [0.2, 0.25) is 0 Å². The molecule has 0 aliphatic heterocycles. The summed E-state index contributed by atoms with van der Waals surface area (Å²) in [5.74, 6) is -0.403. The zero-order valence-electron chi connectivity index (χ0n) is 9.65. The van der Waals surface area contributed by atoms with Gasteiger partial charge in [-0.15, -0.1) is 0 Å². The van der Waals surface area contributed by atoms with Gasteiger partial charge in [-0.3, -0.25) is 4.79 Å². The molecule has 2 rings (SSSR count). The van der Waals surface area contributed by atoms with E-state index in [2.05, 4.69) is 9.97 Å². The first kappa shape index (κ1) is 12.6. The number of aromatic amines is 1. The average Bonchev–Trinajstić information content (AvgIpc) is 2.81. The van der Waals surface area contributed by atoms with E-state index in [0.717, 1.165) is 6.07 Å². The molecule has 1 aromatic carbocycles. The van der Waals surface area contributed by atoms with Crippen molar-refractivity contribution in [3.63, 3.8) is 0 Å². The van der Waals surface area contributed by atoms with Crippen molar-refractivity contribution in [2.75, 3.05) is 7.05 Å². The predicted octanol–water partition coefficient (Wildman–Crippen LogP) is 2.47. The van der Waals surface area contributed by atoms with Crippen LogP contribution in [0.2, 0.25) is 5.02 Å². The SMILES string of the molecule is CN(Cc1ncc[nH]1)C(=O)c1ccc(Cl)cc1F. The fourth-order valence-corrected chi connectivity index (χ4v) is 1.71. The zero-order chi connectivity index (χ0) is 13.1. The number of aromatic nitrogens is 2. The standard InChI is InChI=1S/C12H11ClFN3O/c1-17(7-11-15-4-5-16-11)12(18)9-3-2-8(13)6-10(9)14/h2-6H,7H2,1H3,(H,15,16). The second-order valence-corrected chi connectivity index (χ2v) is 4.26. The highest BCUT2D eigenvalue weighted by Crippen LogP contribution is 2.16. The highest BCUT2D eigenvalue weighted by molar-refractivity contribution is 6.30. The zero-order valence-corrected chi connectivity index (χ0v) is 10.4. The van der Waals surface area contributed by atoms with Gasteiger partial charge in [0, 0.05) is 24.5 Å². The monoisotopic (exact) mass is 267 g/mol. The number of nitrogens with zero attached hydrogens (tertiary/aromatic N) is 2. The molecule has 0 radical (unpaired) electrons. The van der Waals surface area contributed by atoms with Crippen molar-refractivity contribution in [2.45, 2.75) is 6.54 Å². The van der Waals surface area contributed by atoms with Crippen molar-refractivity contribution >= 4 is 17.5 Å². The summed E-state index contributed by atoms with van der Waals surface area (Å²) in [6.07, 6.45) is 3.26. The third kappa shape index (κ3) is 2.68. The number of hydrogen-bond acceptors (Lipinski definition) is 2. The van der Waals surface area contributed by atoms with Crippen LogP contribution in [-0.4, -0.2) is 27.8 Å². The third-order valence-electron chi connectivity index (χ3n) is 2.45. The number of rotatable bonds is 3. The van der Waals surface area contributed by atoms with Crippen molar-refractivity contribution in [1.82, 2.24) is 14.9 Å². The molecule has 0 fully saturated rings. The summed E-state index contributed by atoms with van der Waals surface area (Å²) in [5, 5.41) is 0.262. The average molecular weight is 268 g/mol. The van der Waals surface area contributed by atoms with Crippen molar-refractivity contribution in [1.29, 1.82) is 0 Å². The molecule has 1 N–H and O–H groups in total. The Morgan fingerprint density at radius 2 is 2.33 bits per heavy atom. The van der Waals surface area contributed by atoms with Crippen LogP contribution in [0.25, 0.3) is 0 Å². The molecule has 1 heterocycles. The lowest BCUT2D eigenvalue weighted by atomic mass is 10.2. The molecule has 0 aliphatic rings. The normalized spacial score (nSPS) is 10.4. The number of carbonyl (C=O) groups is 1. The molecule has 0 aliphatic carbocycles. The van der Waals surface area contributed by atoms with Crippen LogP contribution in [0.4, 0.5) is 4.39 Å². The summed E-state index contributed by atoms with van der Waals surface area (Å²) in [4.78, 5) is 20.3. The van der Waals surface area contributed by atoms with Gasteiger partial charge in [-0.2, -0.15) is 0 Å². The molecule has 4 nitrogen and oxygen atoms in total. The molecule has 0 saturated heterocycles. The third-order valence-corrected chi connectivity index (χ3v) is 2.69. The Labute approximate surface area is 108 Å². The first-order valence-corrected chi connectivity index (χ1v) is 5.64. The Kier molecular flexibility index (Phi) is 3.62. The molecule has 0 saturated carbocycles. The molecule has 6 heteroatoms. The van der Waals surface area contributed by atoms with Crippen LogP contribution in [0, 0.1) is 5.82 Å². The van der Waals surface area contributed by atoms with E-state index >= 15 is 0 Å². The van der Waals surface area contributed by atoms with Crippen LogP contribution in [-0.2, 0) is 6.54 Å². The Hall–Kier alpha value is -1.88. The number of hydrogen-bond donors (Lipinski definition) is 1. The maximum atomic E-state index is 13.6. The first-order valence-electron chi connectivity index (χ1n) is 5.26. The first-order chi connectivity index (χ1) is 8.58. The van der Waals surface area contributed by atoms with E-state index in [0.29, 0.717) is 5.82 Å². The molecule has 0 unspecified atom stereocenters. The van der Waals surface area contributed by atoms with Crippen LogP contribution in [0.1, 0.15) is 16.2 Å². The fraction of sp³-hybridized carbons (Fsp3) is 0.167. The molecule has 1 aromatic heterocycles. The Morgan fingerprint density at radius 3 is 2.94 bits per heavy atom. The number of H-pyrrole nitrogens is 1. The van der Waals surface area contributed by atoms with E-state index in [1.54, 1.807) is 19.4 Å². The molecule has 0 bridgehead atoms. The topological polar surface area (TPSA) is 49.0 Å². The fourth-order valence-electron chi connectivity index (χ4n) is 1.55. The summed E-state index contributed by atoms with van der Waals surface area (Å²) in [7, 11) is 1.58. The minimum Gasteiger partial charge on any atom is -0.347 e. The second-order valence-electron chi connectivity index (χ2n) is 3.82. The maximum Gasteiger partial charge on any atom is 0.256 e. The highest BCUT2D eigenvalue weighted by atomic mass is 35.5. The molecule has 2 aromatic rings. The smallest absolute Gasteiger partial charge is 0.256 e. The lowest BCUT2D eigenvalue weighted by molar-refractivity contribution is 0.0777. The summed E-state index contributed by atoms with van der Waals surface area (Å²) in [5.41, 5.74) is -0.00606. The molecular formula is C12H11ClFN3O. The van der Waals surface area contributed by atoms with Gasteiger partial charge >= 0.3 is 0 Å². The van der Waals surface area contributed by atoms with Gasteiger partial charge in [0.25, 0.3) is 5.91 Å². The van der Waals surface area contributed by atoms with Crippen LogP contribution in [0.3, 0.4) is 0 Å². The number of halogens is 2. The van der Waals surface area contributed by atoms with Gasteiger partial charge in [0.05, 0.1) is 12.1 Å². The van der Waals surface area contributed by atoms with E-state index in [4.69, 9.17) is 11.6 Å². The quantitative estimate of drug-likeness (QED) is 0.929. The highest BCUT2D eigenvalue weighted by Gasteiger charge is 2.17. The maximum absolute atomic E-state index is 13.6. The molecule has 0 spiro atoms. The van der Waals surface area contributed by atoms with Crippen molar-refractivity contribution in [3.05, 3.63) is 52.8 Å². The van der Waals surface area contributed by atoms with Gasteiger partial charge in [0.15, 0.2) is 0 Å². The number of imidazole rings is 1. The second kappa shape index (κ2) is 5.18. The Balaban J connectivity index is 2.15.